The molecule has 8 heteroatoms. The summed E-state index contributed by atoms with van der Waals surface area (Å²) >= 11 is 0. The molecule has 1 rings (SSSR count). The Balaban J connectivity index is 2.70. The molecule has 0 heterocycles. The molecule has 0 unspecified atom stereocenters. The minimum Gasteiger partial charge on any atom is -0.433 e. The summed E-state index contributed by atoms with van der Waals surface area (Å²) in [6, 6.07) is 5.55. The number of alkyl halides is 2. The Labute approximate surface area is 107 Å². The van der Waals surface area contributed by atoms with Gasteiger partial charge in [-0.25, -0.2) is 0 Å². The minimum absolute atomic E-state index is 0.0179. The third-order valence-electron chi connectivity index (χ3n) is 1.99. The lowest BCUT2D eigenvalue weighted by Gasteiger charge is -2.11. The molecule has 0 atom stereocenters. The van der Waals surface area contributed by atoms with Gasteiger partial charge < -0.3 is 21.1 Å². The number of anilines is 1. The van der Waals surface area contributed by atoms with Crippen LogP contribution in [0.1, 0.15) is 0 Å². The van der Waals surface area contributed by atoms with E-state index in [9.17, 15) is 18.4 Å². The molecule has 0 aliphatic rings. The summed E-state index contributed by atoms with van der Waals surface area (Å²) in [5, 5.41) is 4.42. The third kappa shape index (κ3) is 4.88. The second-order valence-electron chi connectivity index (χ2n) is 3.37. The summed E-state index contributed by atoms with van der Waals surface area (Å²) in [6.07, 6.45) is 0. The number of amides is 2. The van der Waals surface area contributed by atoms with E-state index in [0.717, 1.165) is 0 Å². The molecule has 1 aromatic rings. The van der Waals surface area contributed by atoms with Crippen LogP contribution in [0.5, 0.6) is 5.75 Å². The summed E-state index contributed by atoms with van der Waals surface area (Å²) < 4.78 is 28.5. The van der Waals surface area contributed by atoms with Crippen molar-refractivity contribution in [1.82, 2.24) is 5.32 Å². The second-order valence-corrected chi connectivity index (χ2v) is 3.37. The highest BCUT2D eigenvalue weighted by molar-refractivity contribution is 6.39. The standard InChI is InChI=1S/C11H13F2N3O3/c12-11(13)19-8-4-2-1-3-7(8)16-10(18)9(17)15-6-5-14/h1-4,11H,5-6,14H2,(H,15,17)(H,16,18). The highest BCUT2D eigenvalue weighted by Crippen LogP contribution is 2.25. The number of hydrogen-bond acceptors (Lipinski definition) is 4. The Hall–Kier alpha value is -2.22. The van der Waals surface area contributed by atoms with E-state index in [2.05, 4.69) is 15.4 Å². The zero-order valence-corrected chi connectivity index (χ0v) is 9.86. The summed E-state index contributed by atoms with van der Waals surface area (Å²) in [5.41, 5.74) is 5.14. The fourth-order valence-corrected chi connectivity index (χ4v) is 1.21. The lowest BCUT2D eigenvalue weighted by Crippen LogP contribution is -2.38. The number of halogens is 2. The molecule has 0 aliphatic heterocycles. The molecular formula is C11H13F2N3O3. The largest absolute Gasteiger partial charge is 0.433 e. The Morgan fingerprint density at radius 1 is 1.26 bits per heavy atom. The van der Waals surface area contributed by atoms with Crippen molar-refractivity contribution in [3.8, 4) is 5.75 Å². The molecule has 0 aromatic heterocycles. The average Bonchev–Trinajstić information content (AvgIpc) is 2.37. The number of nitrogens with two attached hydrogens (primary N) is 1. The van der Waals surface area contributed by atoms with Crippen LogP contribution < -0.4 is 21.1 Å². The summed E-state index contributed by atoms with van der Waals surface area (Å²) in [4.78, 5) is 22.7. The maximum Gasteiger partial charge on any atom is 0.387 e. The number of carbonyl (C=O) groups is 2. The predicted molar refractivity (Wildman–Crippen MR) is 63.8 cm³/mol. The summed E-state index contributed by atoms with van der Waals surface area (Å²) in [7, 11) is 0. The highest BCUT2D eigenvalue weighted by atomic mass is 19.3. The highest BCUT2D eigenvalue weighted by Gasteiger charge is 2.16. The van der Waals surface area contributed by atoms with Crippen LogP contribution in [0.4, 0.5) is 14.5 Å². The monoisotopic (exact) mass is 273 g/mol. The van der Waals surface area contributed by atoms with Crippen LogP contribution in [0.3, 0.4) is 0 Å². The number of nitrogens with one attached hydrogen (secondary N) is 2. The first-order valence-corrected chi connectivity index (χ1v) is 5.37. The maximum absolute atomic E-state index is 12.1. The quantitative estimate of drug-likeness (QED) is 0.673. The fourth-order valence-electron chi connectivity index (χ4n) is 1.21. The Morgan fingerprint density at radius 2 is 1.95 bits per heavy atom. The van der Waals surface area contributed by atoms with Crippen molar-refractivity contribution in [2.45, 2.75) is 6.61 Å². The van der Waals surface area contributed by atoms with Crippen LogP contribution in [0.25, 0.3) is 0 Å². The fraction of sp³-hybridized carbons (Fsp3) is 0.273. The SMILES string of the molecule is NCCNC(=O)C(=O)Nc1ccccc1OC(F)F. The van der Waals surface area contributed by atoms with Gasteiger partial charge in [-0.3, -0.25) is 9.59 Å². The topological polar surface area (TPSA) is 93.5 Å². The Morgan fingerprint density at radius 3 is 2.58 bits per heavy atom. The lowest BCUT2D eigenvalue weighted by molar-refractivity contribution is -0.136. The van der Waals surface area contributed by atoms with Gasteiger partial charge in [0.1, 0.15) is 5.75 Å². The van der Waals surface area contributed by atoms with Crippen molar-refractivity contribution in [2.24, 2.45) is 5.73 Å². The molecule has 0 saturated carbocycles. The van der Waals surface area contributed by atoms with Crippen LogP contribution >= 0.6 is 0 Å². The Kier molecular flexibility index (Phi) is 5.68. The minimum atomic E-state index is -3.02. The number of rotatable bonds is 5. The normalized spacial score (nSPS) is 10.1. The van der Waals surface area contributed by atoms with Crippen molar-refractivity contribution < 1.29 is 23.1 Å². The molecule has 1 aromatic carbocycles. The van der Waals surface area contributed by atoms with Gasteiger partial charge in [-0.2, -0.15) is 8.78 Å². The Bertz CT molecular complexity index is 455. The van der Waals surface area contributed by atoms with E-state index < -0.39 is 18.4 Å². The van der Waals surface area contributed by atoms with E-state index in [4.69, 9.17) is 5.73 Å². The smallest absolute Gasteiger partial charge is 0.387 e. The van der Waals surface area contributed by atoms with Gasteiger partial charge in [-0.1, -0.05) is 12.1 Å². The van der Waals surface area contributed by atoms with Gasteiger partial charge in [0.05, 0.1) is 5.69 Å². The van der Waals surface area contributed by atoms with Crippen molar-refractivity contribution in [1.29, 1.82) is 0 Å². The van der Waals surface area contributed by atoms with Gasteiger partial charge in [0.25, 0.3) is 0 Å². The van der Waals surface area contributed by atoms with Crippen molar-refractivity contribution >= 4 is 17.5 Å². The molecule has 6 nitrogen and oxygen atoms in total. The van der Waals surface area contributed by atoms with E-state index in [1.54, 1.807) is 0 Å². The zero-order valence-electron chi connectivity index (χ0n) is 9.86. The number of benzene rings is 1. The summed E-state index contributed by atoms with van der Waals surface area (Å²) in [5.74, 6) is -2.12. The first-order chi connectivity index (χ1) is 9.04. The molecule has 0 spiro atoms. The van der Waals surface area contributed by atoms with E-state index in [-0.39, 0.29) is 24.5 Å². The van der Waals surface area contributed by atoms with E-state index in [1.165, 1.54) is 24.3 Å². The van der Waals surface area contributed by atoms with E-state index in [0.29, 0.717) is 0 Å². The van der Waals surface area contributed by atoms with E-state index >= 15 is 0 Å². The van der Waals surface area contributed by atoms with Crippen LogP contribution in [-0.4, -0.2) is 31.5 Å². The van der Waals surface area contributed by atoms with Crippen LogP contribution in [0.15, 0.2) is 24.3 Å². The number of ether oxygens (including phenoxy) is 1. The first kappa shape index (κ1) is 14.8. The maximum atomic E-state index is 12.1. The third-order valence-corrected chi connectivity index (χ3v) is 1.99. The lowest BCUT2D eigenvalue weighted by atomic mass is 10.3. The van der Waals surface area contributed by atoms with Crippen LogP contribution in [0.2, 0.25) is 0 Å². The number of para-hydroxylation sites is 2. The molecular weight excluding hydrogens is 260 g/mol. The van der Waals surface area contributed by atoms with Crippen molar-refractivity contribution in [2.75, 3.05) is 18.4 Å². The molecule has 19 heavy (non-hydrogen) atoms. The molecule has 0 bridgehead atoms. The molecule has 0 aliphatic carbocycles. The van der Waals surface area contributed by atoms with Gasteiger partial charge >= 0.3 is 18.4 Å². The second kappa shape index (κ2) is 7.27. The van der Waals surface area contributed by atoms with Crippen molar-refractivity contribution in [3.63, 3.8) is 0 Å². The van der Waals surface area contributed by atoms with Gasteiger partial charge in [-0.15, -0.1) is 0 Å². The first-order valence-electron chi connectivity index (χ1n) is 5.37. The molecule has 4 N–H and O–H groups in total. The molecule has 2 amide bonds. The van der Waals surface area contributed by atoms with Gasteiger partial charge in [0.2, 0.25) is 0 Å². The average molecular weight is 273 g/mol. The van der Waals surface area contributed by atoms with Gasteiger partial charge in [-0.05, 0) is 12.1 Å². The van der Waals surface area contributed by atoms with Crippen molar-refractivity contribution in [3.05, 3.63) is 24.3 Å². The van der Waals surface area contributed by atoms with E-state index in [1.807, 2.05) is 0 Å². The summed E-state index contributed by atoms with van der Waals surface area (Å²) in [6.45, 7) is -2.70. The van der Waals surface area contributed by atoms with Gasteiger partial charge in [0.15, 0.2) is 0 Å². The predicted octanol–water partition coefficient (Wildman–Crippen LogP) is 0.301. The van der Waals surface area contributed by atoms with Gasteiger partial charge in [0, 0.05) is 13.1 Å². The molecule has 0 radical (unpaired) electrons. The van der Waals surface area contributed by atoms with Crippen LogP contribution in [-0.2, 0) is 9.59 Å². The van der Waals surface area contributed by atoms with Crippen LogP contribution in [0, 0.1) is 0 Å². The number of carbonyl (C=O) groups excluding carboxylic acids is 2. The molecule has 0 fully saturated rings. The molecule has 104 valence electrons. The number of hydrogen-bond donors (Lipinski definition) is 3. The molecule has 0 saturated heterocycles. The zero-order chi connectivity index (χ0) is 14.3.